The Morgan fingerprint density at radius 1 is 1.35 bits per heavy atom. The van der Waals surface area contributed by atoms with Crippen LogP contribution in [0.3, 0.4) is 0 Å². The zero-order chi connectivity index (χ0) is 13.9. The van der Waals surface area contributed by atoms with Crippen LogP contribution in [0.25, 0.3) is 10.9 Å². The molecule has 108 valence electrons. The second kappa shape index (κ2) is 5.85. The van der Waals surface area contributed by atoms with Gasteiger partial charge in [0.15, 0.2) is 0 Å². The number of hydrogen-bond acceptors (Lipinski definition) is 2. The van der Waals surface area contributed by atoms with Crippen molar-refractivity contribution in [1.82, 2.24) is 4.98 Å². The topological polar surface area (TPSA) is 49.7 Å². The lowest BCUT2D eigenvalue weighted by Gasteiger charge is -2.17. The molecule has 0 bridgehead atoms. The van der Waals surface area contributed by atoms with E-state index in [9.17, 15) is 5.11 Å². The number of ether oxygens (including phenoxy) is 1. The minimum atomic E-state index is -0.390. The van der Waals surface area contributed by atoms with E-state index in [0.717, 1.165) is 28.9 Å². The van der Waals surface area contributed by atoms with Crippen molar-refractivity contribution in [2.24, 2.45) is 0 Å². The Hall–Kier alpha value is -1.52. The SMILES string of the molecule is Cc1cc2c(OC[C@H](O)C[NH+]3CCCC3)cccc2[nH]1. The van der Waals surface area contributed by atoms with Crippen LogP contribution in [0.15, 0.2) is 24.3 Å². The van der Waals surface area contributed by atoms with Gasteiger partial charge in [-0.2, -0.15) is 0 Å². The van der Waals surface area contributed by atoms with E-state index in [1.807, 2.05) is 25.1 Å². The molecule has 0 aliphatic carbocycles. The number of H-pyrrole nitrogens is 1. The Balaban J connectivity index is 1.61. The van der Waals surface area contributed by atoms with Gasteiger partial charge in [0, 0.05) is 29.4 Å². The fourth-order valence-corrected chi connectivity index (χ4v) is 3.05. The number of aryl methyl sites for hydroxylation is 1. The number of fused-ring (bicyclic) bond motifs is 1. The summed E-state index contributed by atoms with van der Waals surface area (Å²) in [6.07, 6.45) is 2.17. The largest absolute Gasteiger partial charge is 0.490 e. The van der Waals surface area contributed by atoms with Crippen molar-refractivity contribution >= 4 is 10.9 Å². The molecular weight excluding hydrogens is 252 g/mol. The highest BCUT2D eigenvalue weighted by atomic mass is 16.5. The fraction of sp³-hybridized carbons (Fsp3) is 0.500. The van der Waals surface area contributed by atoms with Gasteiger partial charge < -0.3 is 19.7 Å². The van der Waals surface area contributed by atoms with Gasteiger partial charge in [-0.05, 0) is 25.1 Å². The predicted molar refractivity (Wildman–Crippen MR) is 79.3 cm³/mol. The highest BCUT2D eigenvalue weighted by Crippen LogP contribution is 2.26. The molecule has 0 spiro atoms. The number of aliphatic hydroxyl groups excluding tert-OH is 1. The van der Waals surface area contributed by atoms with E-state index >= 15 is 0 Å². The van der Waals surface area contributed by atoms with E-state index in [1.165, 1.54) is 30.8 Å². The van der Waals surface area contributed by atoms with Crippen molar-refractivity contribution in [1.29, 1.82) is 0 Å². The first kappa shape index (κ1) is 13.5. The van der Waals surface area contributed by atoms with Gasteiger partial charge in [0.05, 0.1) is 13.1 Å². The molecule has 1 aliphatic heterocycles. The molecule has 1 aromatic heterocycles. The maximum Gasteiger partial charge on any atom is 0.137 e. The molecule has 1 fully saturated rings. The zero-order valence-corrected chi connectivity index (χ0v) is 12.0. The molecule has 0 unspecified atom stereocenters. The molecule has 2 heterocycles. The van der Waals surface area contributed by atoms with Crippen LogP contribution < -0.4 is 9.64 Å². The predicted octanol–water partition coefficient (Wildman–Crippen LogP) is 0.895. The van der Waals surface area contributed by atoms with Crippen LogP contribution in [-0.4, -0.2) is 42.4 Å². The monoisotopic (exact) mass is 275 g/mol. The van der Waals surface area contributed by atoms with E-state index in [4.69, 9.17) is 4.74 Å². The highest BCUT2D eigenvalue weighted by Gasteiger charge is 2.19. The summed E-state index contributed by atoms with van der Waals surface area (Å²) < 4.78 is 5.82. The van der Waals surface area contributed by atoms with Crippen molar-refractivity contribution < 1.29 is 14.7 Å². The summed E-state index contributed by atoms with van der Waals surface area (Å²) in [5.74, 6) is 0.849. The van der Waals surface area contributed by atoms with Crippen LogP contribution in [0.2, 0.25) is 0 Å². The van der Waals surface area contributed by atoms with Gasteiger partial charge in [0.1, 0.15) is 25.0 Å². The second-order valence-electron chi connectivity index (χ2n) is 5.80. The van der Waals surface area contributed by atoms with Crippen LogP contribution in [-0.2, 0) is 0 Å². The van der Waals surface area contributed by atoms with Crippen molar-refractivity contribution in [3.8, 4) is 5.75 Å². The molecule has 3 rings (SSSR count). The highest BCUT2D eigenvalue weighted by molar-refractivity contribution is 5.86. The minimum absolute atomic E-state index is 0.368. The average Bonchev–Trinajstić information content (AvgIpc) is 3.04. The Labute approximate surface area is 119 Å². The average molecular weight is 275 g/mol. The molecule has 4 heteroatoms. The van der Waals surface area contributed by atoms with Gasteiger partial charge in [-0.15, -0.1) is 0 Å². The summed E-state index contributed by atoms with van der Waals surface area (Å²) in [6.45, 7) is 5.57. The molecule has 0 saturated carbocycles. The van der Waals surface area contributed by atoms with E-state index in [0.29, 0.717) is 6.61 Å². The first-order valence-electron chi connectivity index (χ1n) is 7.45. The third-order valence-corrected chi connectivity index (χ3v) is 4.02. The van der Waals surface area contributed by atoms with E-state index < -0.39 is 6.10 Å². The maximum absolute atomic E-state index is 10.1. The van der Waals surface area contributed by atoms with Crippen LogP contribution >= 0.6 is 0 Å². The second-order valence-corrected chi connectivity index (χ2v) is 5.80. The molecule has 1 atom stereocenters. The van der Waals surface area contributed by atoms with Gasteiger partial charge in [-0.1, -0.05) is 6.07 Å². The normalized spacial score (nSPS) is 17.7. The molecule has 2 aromatic rings. The van der Waals surface area contributed by atoms with Gasteiger partial charge in [0.25, 0.3) is 0 Å². The summed E-state index contributed by atoms with van der Waals surface area (Å²) in [5, 5.41) is 11.2. The molecule has 20 heavy (non-hydrogen) atoms. The van der Waals surface area contributed by atoms with E-state index in [1.54, 1.807) is 0 Å². The number of hydrogen-bond donors (Lipinski definition) is 3. The van der Waals surface area contributed by atoms with Gasteiger partial charge in [0.2, 0.25) is 0 Å². The molecule has 1 aliphatic rings. The lowest BCUT2D eigenvalue weighted by molar-refractivity contribution is -0.890. The lowest BCUT2D eigenvalue weighted by atomic mass is 10.2. The first-order valence-corrected chi connectivity index (χ1v) is 7.45. The Morgan fingerprint density at radius 2 is 2.15 bits per heavy atom. The van der Waals surface area contributed by atoms with Gasteiger partial charge in [-0.3, -0.25) is 0 Å². The number of benzene rings is 1. The van der Waals surface area contributed by atoms with Gasteiger partial charge >= 0.3 is 0 Å². The third kappa shape index (κ3) is 2.97. The van der Waals surface area contributed by atoms with Gasteiger partial charge in [-0.25, -0.2) is 0 Å². The number of rotatable bonds is 5. The van der Waals surface area contributed by atoms with Crippen molar-refractivity contribution in [3.63, 3.8) is 0 Å². The van der Waals surface area contributed by atoms with Crippen LogP contribution in [0.5, 0.6) is 5.75 Å². The van der Waals surface area contributed by atoms with Crippen LogP contribution in [0.1, 0.15) is 18.5 Å². The third-order valence-electron chi connectivity index (χ3n) is 4.02. The molecule has 4 nitrogen and oxygen atoms in total. The Kier molecular flexibility index (Phi) is 3.94. The van der Waals surface area contributed by atoms with Crippen molar-refractivity contribution in [2.45, 2.75) is 25.9 Å². The Morgan fingerprint density at radius 3 is 2.95 bits per heavy atom. The molecular formula is C16H23N2O2+. The minimum Gasteiger partial charge on any atom is -0.490 e. The molecule has 1 aromatic carbocycles. The smallest absolute Gasteiger partial charge is 0.137 e. The standard InChI is InChI=1S/C16H22N2O2/c1-12-9-14-15(17-12)5-4-6-16(14)20-11-13(19)10-18-7-2-3-8-18/h4-6,9,13,17,19H,2-3,7-8,10-11H2,1H3/p+1/t13-/m1/s1. The summed E-state index contributed by atoms with van der Waals surface area (Å²) in [4.78, 5) is 4.80. The maximum atomic E-state index is 10.1. The fourth-order valence-electron chi connectivity index (χ4n) is 3.05. The molecule has 1 saturated heterocycles. The number of quaternary nitrogens is 1. The Bertz CT molecular complexity index is 573. The van der Waals surface area contributed by atoms with E-state index in [2.05, 4.69) is 11.1 Å². The summed E-state index contributed by atoms with van der Waals surface area (Å²) in [6, 6.07) is 8.07. The molecule has 3 N–H and O–H groups in total. The summed E-state index contributed by atoms with van der Waals surface area (Å²) in [7, 11) is 0. The van der Waals surface area contributed by atoms with Crippen LogP contribution in [0.4, 0.5) is 0 Å². The number of nitrogens with one attached hydrogen (secondary N) is 2. The quantitative estimate of drug-likeness (QED) is 0.759. The summed E-state index contributed by atoms with van der Waals surface area (Å²) in [5.41, 5.74) is 2.21. The van der Waals surface area contributed by atoms with Crippen LogP contribution in [0, 0.1) is 6.92 Å². The molecule has 0 amide bonds. The summed E-state index contributed by atoms with van der Waals surface area (Å²) >= 11 is 0. The van der Waals surface area contributed by atoms with E-state index in [-0.39, 0.29) is 0 Å². The number of aliphatic hydroxyl groups is 1. The van der Waals surface area contributed by atoms with Crippen molar-refractivity contribution in [2.75, 3.05) is 26.2 Å². The number of aromatic amines is 1. The number of likely N-dealkylation sites (tertiary alicyclic amines) is 1. The lowest BCUT2D eigenvalue weighted by Crippen LogP contribution is -3.11. The zero-order valence-electron chi connectivity index (χ0n) is 12.0. The first-order chi connectivity index (χ1) is 9.72. The molecule has 0 radical (unpaired) electrons. The van der Waals surface area contributed by atoms with Crippen molar-refractivity contribution in [3.05, 3.63) is 30.0 Å². The number of aromatic nitrogens is 1.